The number of hydrogen-bond acceptors (Lipinski definition) is 6. The zero-order valence-corrected chi connectivity index (χ0v) is 9.63. The maximum Gasteiger partial charge on any atom is 0.342 e. The molecule has 1 rings (SSSR count). The summed E-state index contributed by atoms with van der Waals surface area (Å²) in [6, 6.07) is 0. The molecule has 0 amide bonds. The van der Waals surface area contributed by atoms with Gasteiger partial charge in [-0.3, -0.25) is 0 Å². The smallest absolute Gasteiger partial charge is 0.342 e. The van der Waals surface area contributed by atoms with E-state index in [0.29, 0.717) is 0 Å². The molecular weight excluding hydrogens is 252 g/mol. The highest BCUT2D eigenvalue weighted by atomic mass is 32.2. The summed E-state index contributed by atoms with van der Waals surface area (Å²) in [6.07, 6.45) is 2.24. The van der Waals surface area contributed by atoms with Gasteiger partial charge in [0.15, 0.2) is 6.33 Å². The van der Waals surface area contributed by atoms with E-state index in [4.69, 9.17) is 5.11 Å². The van der Waals surface area contributed by atoms with Crippen molar-refractivity contribution in [2.75, 3.05) is 18.9 Å². The minimum absolute atomic E-state index is 0.0723. The Balaban J connectivity index is 2.61. The summed E-state index contributed by atoms with van der Waals surface area (Å²) in [5, 5.41) is 19.0. The number of hydrogen-bond donors (Lipinski definition) is 2. The van der Waals surface area contributed by atoms with E-state index in [-0.39, 0.29) is 31.3 Å². The molecule has 0 aliphatic rings. The van der Waals surface area contributed by atoms with Crippen LogP contribution in [-0.2, 0) is 16.6 Å². The van der Waals surface area contributed by atoms with Crippen molar-refractivity contribution in [3.05, 3.63) is 22.6 Å². The van der Waals surface area contributed by atoms with Crippen LogP contribution in [0.15, 0.2) is 12.5 Å². The lowest BCUT2D eigenvalue weighted by molar-refractivity contribution is -0.392. The minimum Gasteiger partial charge on any atom is -0.395 e. The summed E-state index contributed by atoms with van der Waals surface area (Å²) in [4.78, 5) is 13.5. The Hall–Kier alpha value is -1.52. The number of nitro groups is 1. The van der Waals surface area contributed by atoms with Crippen molar-refractivity contribution < 1.29 is 18.4 Å². The van der Waals surface area contributed by atoms with E-state index in [1.54, 1.807) is 0 Å². The number of imidazole rings is 1. The van der Waals surface area contributed by atoms with Crippen LogP contribution < -0.4 is 4.72 Å². The molecule has 0 aromatic carbocycles. The van der Waals surface area contributed by atoms with Crippen LogP contribution in [0.3, 0.4) is 0 Å². The third-order valence-electron chi connectivity index (χ3n) is 1.91. The standard InChI is InChI=1S/C7H12N4O5S/c12-3-1-9-17(15,16)4-2-10-6-8-5-7(10)11(13)14/h5-6,9,12H,1-4H2. The Morgan fingerprint density at radius 1 is 1.59 bits per heavy atom. The van der Waals surface area contributed by atoms with E-state index in [0.717, 1.165) is 10.8 Å². The fraction of sp³-hybridized carbons (Fsp3) is 0.571. The molecular formula is C7H12N4O5S. The molecule has 0 spiro atoms. The number of aliphatic hydroxyl groups excluding tert-OH is 1. The Morgan fingerprint density at radius 3 is 2.88 bits per heavy atom. The van der Waals surface area contributed by atoms with E-state index in [9.17, 15) is 18.5 Å². The normalized spacial score (nSPS) is 11.6. The Morgan fingerprint density at radius 2 is 2.29 bits per heavy atom. The summed E-state index contributed by atoms with van der Waals surface area (Å²) >= 11 is 0. The predicted molar refractivity (Wildman–Crippen MR) is 57.8 cm³/mol. The van der Waals surface area contributed by atoms with Gasteiger partial charge in [0.2, 0.25) is 10.0 Å². The number of aryl methyl sites for hydroxylation is 1. The average molecular weight is 264 g/mol. The highest BCUT2D eigenvalue weighted by Gasteiger charge is 2.16. The molecule has 10 heteroatoms. The third-order valence-corrected chi connectivity index (χ3v) is 3.28. The van der Waals surface area contributed by atoms with Crippen molar-refractivity contribution >= 4 is 15.8 Å². The van der Waals surface area contributed by atoms with Crippen molar-refractivity contribution in [3.8, 4) is 0 Å². The molecule has 1 aromatic heterocycles. The van der Waals surface area contributed by atoms with Crippen LogP contribution in [-0.4, -0.2) is 46.9 Å². The second-order valence-electron chi connectivity index (χ2n) is 3.14. The molecule has 17 heavy (non-hydrogen) atoms. The molecule has 0 atom stereocenters. The van der Waals surface area contributed by atoms with Crippen molar-refractivity contribution in [2.45, 2.75) is 6.54 Å². The molecule has 1 heterocycles. The van der Waals surface area contributed by atoms with Crippen LogP contribution in [0.1, 0.15) is 0 Å². The molecule has 0 aliphatic carbocycles. The van der Waals surface area contributed by atoms with Gasteiger partial charge in [-0.2, -0.15) is 0 Å². The third kappa shape index (κ3) is 4.09. The summed E-state index contributed by atoms with van der Waals surface area (Å²) in [5.41, 5.74) is 0. The SMILES string of the molecule is O=[N+]([O-])c1cncn1CCS(=O)(=O)NCCO. The maximum atomic E-state index is 11.3. The van der Waals surface area contributed by atoms with E-state index in [1.807, 2.05) is 0 Å². The van der Waals surface area contributed by atoms with E-state index in [2.05, 4.69) is 9.71 Å². The van der Waals surface area contributed by atoms with Gasteiger partial charge in [0.25, 0.3) is 0 Å². The number of sulfonamides is 1. The fourth-order valence-corrected chi connectivity index (χ4v) is 2.11. The quantitative estimate of drug-likeness (QED) is 0.465. The Kier molecular flexibility index (Phi) is 4.54. The summed E-state index contributed by atoms with van der Waals surface area (Å²) in [7, 11) is -3.54. The maximum absolute atomic E-state index is 11.3. The van der Waals surface area contributed by atoms with Crippen LogP contribution in [0.5, 0.6) is 0 Å². The van der Waals surface area contributed by atoms with Gasteiger partial charge < -0.3 is 15.2 Å². The van der Waals surface area contributed by atoms with Gasteiger partial charge in [0.1, 0.15) is 18.5 Å². The number of aromatic nitrogens is 2. The van der Waals surface area contributed by atoms with Crippen LogP contribution in [0, 0.1) is 10.1 Å². The van der Waals surface area contributed by atoms with Gasteiger partial charge in [0.05, 0.1) is 6.61 Å². The highest BCUT2D eigenvalue weighted by Crippen LogP contribution is 2.09. The number of nitrogens with zero attached hydrogens (tertiary/aromatic N) is 3. The van der Waals surface area contributed by atoms with Crippen molar-refractivity contribution in [1.82, 2.24) is 14.3 Å². The summed E-state index contributed by atoms with van der Waals surface area (Å²) in [6.45, 7) is -0.449. The number of nitrogens with one attached hydrogen (secondary N) is 1. The molecule has 1 aromatic rings. The molecule has 0 fully saturated rings. The molecule has 0 saturated carbocycles. The van der Waals surface area contributed by atoms with Crippen molar-refractivity contribution in [1.29, 1.82) is 0 Å². The second kappa shape index (κ2) is 5.70. The van der Waals surface area contributed by atoms with Gasteiger partial charge in [-0.1, -0.05) is 0 Å². The Labute approximate surface area is 97.3 Å². The summed E-state index contributed by atoms with van der Waals surface area (Å²) < 4.78 is 26.0. The lowest BCUT2D eigenvalue weighted by atomic mass is 10.6. The molecule has 2 N–H and O–H groups in total. The van der Waals surface area contributed by atoms with Crippen LogP contribution in [0.25, 0.3) is 0 Å². The average Bonchev–Trinajstić information content (AvgIpc) is 2.72. The lowest BCUT2D eigenvalue weighted by Crippen LogP contribution is -2.30. The molecule has 0 bridgehead atoms. The van der Waals surface area contributed by atoms with Crippen molar-refractivity contribution in [2.24, 2.45) is 0 Å². The molecule has 0 aliphatic heterocycles. The van der Waals surface area contributed by atoms with Crippen LogP contribution in [0.2, 0.25) is 0 Å². The molecule has 0 radical (unpaired) electrons. The van der Waals surface area contributed by atoms with Gasteiger partial charge in [-0.25, -0.2) is 22.7 Å². The van der Waals surface area contributed by atoms with Gasteiger partial charge in [0, 0.05) is 6.54 Å². The first kappa shape index (κ1) is 13.5. The van der Waals surface area contributed by atoms with Crippen LogP contribution >= 0.6 is 0 Å². The highest BCUT2D eigenvalue weighted by molar-refractivity contribution is 7.89. The molecule has 96 valence electrons. The molecule has 0 saturated heterocycles. The summed E-state index contributed by atoms with van der Waals surface area (Å²) in [5.74, 6) is -0.577. The largest absolute Gasteiger partial charge is 0.395 e. The predicted octanol–water partition coefficient (Wildman–Crippen LogP) is -1.30. The monoisotopic (exact) mass is 264 g/mol. The van der Waals surface area contributed by atoms with E-state index < -0.39 is 14.9 Å². The first-order chi connectivity index (χ1) is 7.96. The second-order valence-corrected chi connectivity index (χ2v) is 5.07. The molecule has 0 unspecified atom stereocenters. The van der Waals surface area contributed by atoms with Crippen molar-refractivity contribution in [3.63, 3.8) is 0 Å². The topological polar surface area (TPSA) is 127 Å². The number of rotatable bonds is 7. The van der Waals surface area contributed by atoms with Gasteiger partial charge in [-0.15, -0.1) is 0 Å². The Bertz CT molecular complexity index is 482. The zero-order chi connectivity index (χ0) is 12.9. The minimum atomic E-state index is -3.54. The molecule has 9 nitrogen and oxygen atoms in total. The van der Waals surface area contributed by atoms with Gasteiger partial charge >= 0.3 is 5.82 Å². The van der Waals surface area contributed by atoms with E-state index in [1.165, 1.54) is 6.33 Å². The lowest BCUT2D eigenvalue weighted by Gasteiger charge is -2.04. The number of aliphatic hydroxyl groups is 1. The first-order valence-corrected chi connectivity index (χ1v) is 6.34. The first-order valence-electron chi connectivity index (χ1n) is 4.69. The zero-order valence-electron chi connectivity index (χ0n) is 8.81. The fourth-order valence-electron chi connectivity index (χ4n) is 1.13. The van der Waals surface area contributed by atoms with E-state index >= 15 is 0 Å². The van der Waals surface area contributed by atoms with Gasteiger partial charge in [-0.05, 0) is 4.92 Å². The van der Waals surface area contributed by atoms with Crippen LogP contribution in [0.4, 0.5) is 5.82 Å².